The number of allylic oxidation sites excluding steroid dienone is 3. The van der Waals surface area contributed by atoms with Crippen molar-refractivity contribution in [3.63, 3.8) is 0 Å². The van der Waals surface area contributed by atoms with Gasteiger partial charge in [0.15, 0.2) is 19.0 Å². The molecule has 0 aliphatic heterocycles. The Morgan fingerprint density at radius 3 is 2.07 bits per heavy atom. The van der Waals surface area contributed by atoms with Crippen molar-refractivity contribution in [1.82, 2.24) is 0 Å². The Hall–Kier alpha value is -1.11. The maximum Gasteiger partial charge on any atom is 0.168 e. The Morgan fingerprint density at radius 1 is 1.14 bits per heavy atom. The average molecular weight is 194 g/mol. The molecule has 0 aliphatic rings. The smallest absolute Gasteiger partial charge is 0.168 e. The molecule has 0 N–H and O–H groups in total. The molecule has 0 saturated carbocycles. The molecule has 80 valence electrons. The second-order valence-electron chi connectivity index (χ2n) is 3.05. The first-order valence-corrected chi connectivity index (χ1v) is 5.21. The highest BCUT2D eigenvalue weighted by molar-refractivity contribution is 5.65. The van der Waals surface area contributed by atoms with E-state index in [9.17, 15) is 0 Å². The van der Waals surface area contributed by atoms with Gasteiger partial charge in [-0.1, -0.05) is 46.9 Å². The second-order valence-corrected chi connectivity index (χ2v) is 3.05. The summed E-state index contributed by atoms with van der Waals surface area (Å²) in [6.45, 7) is 16.7. The molecule has 0 rings (SSSR count). The molecule has 0 fully saturated rings. The van der Waals surface area contributed by atoms with Crippen LogP contribution in [-0.2, 0) is 0 Å². The van der Waals surface area contributed by atoms with E-state index in [4.69, 9.17) is 0 Å². The Morgan fingerprint density at radius 2 is 1.71 bits per heavy atom. The van der Waals surface area contributed by atoms with Crippen molar-refractivity contribution in [1.29, 1.82) is 0 Å². The summed E-state index contributed by atoms with van der Waals surface area (Å²) in [6, 6.07) is 0. The first-order chi connectivity index (χ1) is 6.70. The molecule has 0 atom stereocenters. The van der Waals surface area contributed by atoms with Crippen LogP contribution in [-0.4, -0.2) is 17.3 Å². The maximum atomic E-state index is 3.66. The third-order valence-corrected chi connectivity index (χ3v) is 1.29. The van der Waals surface area contributed by atoms with Crippen LogP contribution in [0.5, 0.6) is 0 Å². The van der Waals surface area contributed by atoms with Gasteiger partial charge in [-0.3, -0.25) is 0 Å². The molecular formula is C13H24N+. The molecule has 0 amide bonds. The third kappa shape index (κ3) is 10.9. The van der Waals surface area contributed by atoms with Gasteiger partial charge in [0.25, 0.3) is 0 Å². The number of rotatable bonds is 5. The van der Waals surface area contributed by atoms with Gasteiger partial charge in [-0.05, 0) is 6.08 Å². The van der Waals surface area contributed by atoms with Gasteiger partial charge >= 0.3 is 0 Å². The molecule has 0 radical (unpaired) electrons. The van der Waals surface area contributed by atoms with E-state index in [1.807, 2.05) is 32.3 Å². The van der Waals surface area contributed by atoms with Crippen LogP contribution in [0.15, 0.2) is 37.6 Å². The average Bonchev–Trinajstić information content (AvgIpc) is 2.17. The van der Waals surface area contributed by atoms with E-state index in [0.717, 1.165) is 6.54 Å². The van der Waals surface area contributed by atoms with Gasteiger partial charge < -0.3 is 0 Å². The van der Waals surface area contributed by atoms with Crippen LogP contribution in [0, 0.1) is 5.92 Å². The second kappa shape index (κ2) is 11.9. The standard InChI is InChI=1S/C11H18N.C2H6/c1-5-7-9-12(8-6-2)10-11(3)4;1-2/h5-9,11H,1-2,10H2,3-4H3;1-2H3/q+1;/b9-7-,12-8?;. The van der Waals surface area contributed by atoms with E-state index in [0.29, 0.717) is 5.92 Å². The highest BCUT2D eigenvalue weighted by atomic mass is 15.0. The van der Waals surface area contributed by atoms with E-state index in [-0.39, 0.29) is 0 Å². The summed E-state index contributed by atoms with van der Waals surface area (Å²) in [4.78, 5) is 0. The van der Waals surface area contributed by atoms with Crippen LogP contribution in [0.1, 0.15) is 27.7 Å². The summed E-state index contributed by atoms with van der Waals surface area (Å²) in [7, 11) is 0. The van der Waals surface area contributed by atoms with Crippen LogP contribution in [0.4, 0.5) is 0 Å². The van der Waals surface area contributed by atoms with Gasteiger partial charge in [0, 0.05) is 12.0 Å². The van der Waals surface area contributed by atoms with Crippen LogP contribution < -0.4 is 0 Å². The third-order valence-electron chi connectivity index (χ3n) is 1.29. The summed E-state index contributed by atoms with van der Waals surface area (Å²) in [5.74, 6) is 0.649. The fourth-order valence-corrected chi connectivity index (χ4v) is 0.900. The molecular weight excluding hydrogens is 170 g/mol. The van der Waals surface area contributed by atoms with E-state index in [1.165, 1.54) is 0 Å². The molecule has 0 aromatic rings. The first kappa shape index (κ1) is 15.4. The Bertz CT molecular complexity index is 197. The lowest BCUT2D eigenvalue weighted by Crippen LogP contribution is -2.12. The fourth-order valence-electron chi connectivity index (χ4n) is 0.900. The first-order valence-electron chi connectivity index (χ1n) is 5.21. The molecule has 0 aliphatic carbocycles. The summed E-state index contributed by atoms with van der Waals surface area (Å²) in [6.07, 6.45) is 9.43. The van der Waals surface area contributed by atoms with Gasteiger partial charge in [0.2, 0.25) is 0 Å². The van der Waals surface area contributed by atoms with Gasteiger partial charge in [0.1, 0.15) is 0 Å². The minimum atomic E-state index is 0.649. The molecule has 0 unspecified atom stereocenters. The maximum absolute atomic E-state index is 3.66. The molecule has 0 aromatic heterocycles. The van der Waals surface area contributed by atoms with E-state index in [1.54, 1.807) is 12.2 Å². The molecule has 0 spiro atoms. The van der Waals surface area contributed by atoms with Crippen LogP contribution in [0.25, 0.3) is 0 Å². The topological polar surface area (TPSA) is 3.01 Å². The van der Waals surface area contributed by atoms with Crippen LogP contribution >= 0.6 is 0 Å². The monoisotopic (exact) mass is 194 g/mol. The van der Waals surface area contributed by atoms with Crippen molar-refractivity contribution in [2.45, 2.75) is 27.7 Å². The van der Waals surface area contributed by atoms with E-state index >= 15 is 0 Å². The molecule has 1 nitrogen and oxygen atoms in total. The normalized spacial score (nSPS) is 11.1. The van der Waals surface area contributed by atoms with Crippen LogP contribution in [0.3, 0.4) is 0 Å². The molecule has 14 heavy (non-hydrogen) atoms. The number of hydrogen-bond donors (Lipinski definition) is 0. The lowest BCUT2D eigenvalue weighted by molar-refractivity contribution is -0.458. The van der Waals surface area contributed by atoms with Crippen molar-refractivity contribution in [2.75, 3.05) is 6.54 Å². The molecule has 1 heteroatoms. The largest absolute Gasteiger partial charge is 0.205 e. The summed E-state index contributed by atoms with van der Waals surface area (Å²) < 4.78 is 2.10. The summed E-state index contributed by atoms with van der Waals surface area (Å²) in [5, 5.41) is 0. The number of nitrogens with zero attached hydrogens (tertiary/aromatic N) is 1. The highest BCUT2D eigenvalue weighted by Crippen LogP contribution is 1.92. The van der Waals surface area contributed by atoms with Gasteiger partial charge in [-0.25, -0.2) is 4.58 Å². The zero-order valence-electron chi connectivity index (χ0n) is 10.0. The lowest BCUT2D eigenvalue weighted by atomic mass is 10.2. The highest BCUT2D eigenvalue weighted by Gasteiger charge is 2.01. The lowest BCUT2D eigenvalue weighted by Gasteiger charge is -1.99. The predicted octanol–water partition coefficient (Wildman–Crippen LogP) is 3.64. The van der Waals surface area contributed by atoms with Crippen molar-refractivity contribution in [3.8, 4) is 0 Å². The minimum absolute atomic E-state index is 0.649. The molecule has 0 bridgehead atoms. The molecule has 0 saturated heterocycles. The summed E-state index contributed by atoms with van der Waals surface area (Å²) in [5.41, 5.74) is 0. The number of hydrogen-bond acceptors (Lipinski definition) is 0. The fraction of sp³-hybridized carbons (Fsp3) is 0.462. The van der Waals surface area contributed by atoms with Gasteiger partial charge in [0.05, 0.1) is 0 Å². The Labute approximate surface area is 89.2 Å². The summed E-state index contributed by atoms with van der Waals surface area (Å²) >= 11 is 0. The van der Waals surface area contributed by atoms with Crippen molar-refractivity contribution < 1.29 is 4.58 Å². The molecule has 0 aromatic carbocycles. The van der Waals surface area contributed by atoms with Gasteiger partial charge in [-0.2, -0.15) is 0 Å². The quantitative estimate of drug-likeness (QED) is 0.357. The van der Waals surface area contributed by atoms with E-state index in [2.05, 4.69) is 31.6 Å². The van der Waals surface area contributed by atoms with E-state index < -0.39 is 0 Å². The SMILES string of the molecule is C=CC=[N+](/C=C\C=C)CC(C)C.CC. The Balaban J connectivity index is 0. The van der Waals surface area contributed by atoms with Crippen molar-refractivity contribution in [3.05, 3.63) is 37.6 Å². The minimum Gasteiger partial charge on any atom is -0.205 e. The Kier molecular flexibility index (Phi) is 13.1. The molecule has 0 heterocycles. The van der Waals surface area contributed by atoms with Crippen molar-refractivity contribution >= 4 is 6.21 Å². The zero-order chi connectivity index (χ0) is 11.4. The van der Waals surface area contributed by atoms with Gasteiger partial charge in [-0.15, -0.1) is 0 Å². The predicted molar refractivity (Wildman–Crippen MR) is 66.9 cm³/mol. The van der Waals surface area contributed by atoms with Crippen molar-refractivity contribution in [2.24, 2.45) is 5.92 Å². The zero-order valence-corrected chi connectivity index (χ0v) is 10.0. The van der Waals surface area contributed by atoms with Crippen LogP contribution in [0.2, 0.25) is 0 Å².